The number of alkyl halides is 1. The lowest BCUT2D eigenvalue weighted by Crippen LogP contribution is -2.20. The summed E-state index contributed by atoms with van der Waals surface area (Å²) in [4.78, 5) is 8.54. The van der Waals surface area contributed by atoms with E-state index in [0.29, 0.717) is 13.2 Å². The number of halogens is 1. The fourth-order valence-corrected chi connectivity index (χ4v) is 2.16. The predicted octanol–water partition coefficient (Wildman–Crippen LogP) is 1.63. The summed E-state index contributed by atoms with van der Waals surface area (Å²) in [5, 5.41) is 3.24. The number of methoxy groups -OCH3 is 1. The molecule has 1 aliphatic carbocycles. The Morgan fingerprint density at radius 1 is 1.50 bits per heavy atom. The normalized spacial score (nSPS) is 15.9. The van der Waals surface area contributed by atoms with Gasteiger partial charge in [0.1, 0.15) is 12.1 Å². The first-order chi connectivity index (χ1) is 7.81. The molecule has 2 rings (SSSR count). The van der Waals surface area contributed by atoms with Crippen LogP contribution in [0.25, 0.3) is 0 Å². The van der Waals surface area contributed by atoms with Crippen LogP contribution in [0.5, 0.6) is 0 Å². The lowest BCUT2D eigenvalue weighted by molar-refractivity contribution is 0.200. The van der Waals surface area contributed by atoms with E-state index in [-0.39, 0.29) is 5.38 Å². The summed E-state index contributed by atoms with van der Waals surface area (Å²) in [6, 6.07) is 0. The number of hydrogen-bond donors (Lipinski definition) is 1. The molecule has 0 aromatic carbocycles. The Labute approximate surface area is 100 Å². The van der Waals surface area contributed by atoms with Crippen molar-refractivity contribution in [3.05, 3.63) is 17.6 Å². The zero-order chi connectivity index (χ0) is 11.4. The van der Waals surface area contributed by atoms with Crippen molar-refractivity contribution in [1.29, 1.82) is 0 Å². The number of fused-ring (bicyclic) bond motifs is 1. The molecule has 1 N–H and O–H groups in total. The van der Waals surface area contributed by atoms with Gasteiger partial charge in [-0.25, -0.2) is 9.97 Å². The van der Waals surface area contributed by atoms with Crippen molar-refractivity contribution >= 4 is 17.4 Å². The van der Waals surface area contributed by atoms with Crippen molar-refractivity contribution in [2.45, 2.75) is 24.6 Å². The molecule has 0 fully saturated rings. The molecule has 1 aromatic rings. The van der Waals surface area contributed by atoms with E-state index in [4.69, 9.17) is 16.3 Å². The molecule has 0 radical (unpaired) electrons. The molecule has 1 atom stereocenters. The van der Waals surface area contributed by atoms with Crippen molar-refractivity contribution in [2.24, 2.45) is 0 Å². The van der Waals surface area contributed by atoms with Gasteiger partial charge in [-0.15, -0.1) is 11.6 Å². The van der Waals surface area contributed by atoms with Gasteiger partial charge < -0.3 is 10.1 Å². The lowest BCUT2D eigenvalue weighted by Gasteiger charge is -2.12. The fraction of sp³-hybridized carbons (Fsp3) is 0.636. The second-order valence-corrected chi connectivity index (χ2v) is 4.55. The van der Waals surface area contributed by atoms with Gasteiger partial charge in [0, 0.05) is 24.9 Å². The Morgan fingerprint density at radius 3 is 3.19 bits per heavy atom. The molecule has 16 heavy (non-hydrogen) atoms. The van der Waals surface area contributed by atoms with Gasteiger partial charge in [0.15, 0.2) is 0 Å². The van der Waals surface area contributed by atoms with Crippen LogP contribution < -0.4 is 5.32 Å². The third kappa shape index (κ3) is 2.62. The van der Waals surface area contributed by atoms with E-state index in [1.165, 1.54) is 17.7 Å². The Kier molecular flexibility index (Phi) is 3.96. The Balaban J connectivity index is 1.97. The van der Waals surface area contributed by atoms with Crippen LogP contribution in [0.3, 0.4) is 0 Å². The molecule has 0 bridgehead atoms. The lowest BCUT2D eigenvalue weighted by atomic mass is 10.2. The molecule has 4 nitrogen and oxygen atoms in total. The molecule has 0 spiro atoms. The number of rotatable bonds is 5. The SMILES string of the molecule is COCC(Cl)CNc1ncnc2c1CCC2. The first-order valence-corrected chi connectivity index (χ1v) is 5.94. The van der Waals surface area contributed by atoms with Crippen molar-refractivity contribution in [3.8, 4) is 0 Å². The summed E-state index contributed by atoms with van der Waals surface area (Å²) < 4.78 is 4.98. The van der Waals surface area contributed by atoms with Crippen LogP contribution in [-0.2, 0) is 17.6 Å². The first kappa shape index (κ1) is 11.6. The van der Waals surface area contributed by atoms with E-state index in [1.54, 1.807) is 13.4 Å². The molecule has 1 aromatic heterocycles. The highest BCUT2D eigenvalue weighted by Crippen LogP contribution is 2.24. The van der Waals surface area contributed by atoms with Gasteiger partial charge in [-0.05, 0) is 19.3 Å². The van der Waals surface area contributed by atoms with E-state index >= 15 is 0 Å². The number of nitrogens with one attached hydrogen (secondary N) is 1. The summed E-state index contributed by atoms with van der Waals surface area (Å²) >= 11 is 6.05. The van der Waals surface area contributed by atoms with E-state index < -0.39 is 0 Å². The third-order valence-electron chi connectivity index (χ3n) is 2.71. The Hall–Kier alpha value is -0.870. The average molecular weight is 242 g/mol. The van der Waals surface area contributed by atoms with Crippen LogP contribution in [-0.4, -0.2) is 35.6 Å². The molecule has 0 aliphatic heterocycles. The first-order valence-electron chi connectivity index (χ1n) is 5.51. The Morgan fingerprint density at radius 2 is 2.38 bits per heavy atom. The molecule has 0 saturated carbocycles. The monoisotopic (exact) mass is 241 g/mol. The zero-order valence-corrected chi connectivity index (χ0v) is 10.1. The largest absolute Gasteiger partial charge is 0.383 e. The van der Waals surface area contributed by atoms with Crippen LogP contribution in [0.15, 0.2) is 6.33 Å². The molecule has 1 unspecified atom stereocenters. The van der Waals surface area contributed by atoms with Crippen molar-refractivity contribution in [3.63, 3.8) is 0 Å². The molecule has 0 saturated heterocycles. The fourth-order valence-electron chi connectivity index (χ4n) is 1.96. The minimum absolute atomic E-state index is 0.0305. The third-order valence-corrected chi connectivity index (χ3v) is 2.99. The van der Waals surface area contributed by atoms with E-state index in [1.807, 2.05) is 0 Å². The van der Waals surface area contributed by atoms with Gasteiger partial charge in [-0.2, -0.15) is 0 Å². The highest BCUT2D eigenvalue weighted by Gasteiger charge is 2.17. The molecule has 5 heteroatoms. The molecule has 0 amide bonds. The van der Waals surface area contributed by atoms with Gasteiger partial charge in [0.25, 0.3) is 0 Å². The van der Waals surface area contributed by atoms with Gasteiger partial charge in [0.2, 0.25) is 0 Å². The minimum Gasteiger partial charge on any atom is -0.383 e. The molecular weight excluding hydrogens is 226 g/mol. The minimum atomic E-state index is -0.0305. The highest BCUT2D eigenvalue weighted by atomic mass is 35.5. The van der Waals surface area contributed by atoms with Crippen LogP contribution in [0.2, 0.25) is 0 Å². The van der Waals surface area contributed by atoms with Gasteiger partial charge in [0.05, 0.1) is 12.0 Å². The van der Waals surface area contributed by atoms with Crippen LogP contribution in [0, 0.1) is 0 Å². The number of hydrogen-bond acceptors (Lipinski definition) is 4. The zero-order valence-electron chi connectivity index (χ0n) is 9.37. The van der Waals surface area contributed by atoms with Gasteiger partial charge >= 0.3 is 0 Å². The quantitative estimate of drug-likeness (QED) is 0.796. The molecule has 88 valence electrons. The number of nitrogens with zero attached hydrogens (tertiary/aromatic N) is 2. The maximum Gasteiger partial charge on any atom is 0.132 e. The summed E-state index contributed by atoms with van der Waals surface area (Å²) in [6.07, 6.45) is 4.92. The highest BCUT2D eigenvalue weighted by molar-refractivity contribution is 6.21. The van der Waals surface area contributed by atoms with E-state index in [9.17, 15) is 0 Å². The van der Waals surface area contributed by atoms with Crippen molar-refractivity contribution < 1.29 is 4.74 Å². The number of anilines is 1. The van der Waals surface area contributed by atoms with Crippen LogP contribution in [0.4, 0.5) is 5.82 Å². The van der Waals surface area contributed by atoms with Crippen molar-refractivity contribution in [1.82, 2.24) is 9.97 Å². The van der Waals surface area contributed by atoms with E-state index in [2.05, 4.69) is 15.3 Å². The maximum absolute atomic E-state index is 6.05. The standard InChI is InChI=1S/C11H16ClN3O/c1-16-6-8(12)5-13-11-9-3-2-4-10(9)14-7-15-11/h7-8H,2-6H2,1H3,(H,13,14,15). The predicted molar refractivity (Wildman–Crippen MR) is 64.1 cm³/mol. The molecule has 1 heterocycles. The van der Waals surface area contributed by atoms with E-state index in [0.717, 1.165) is 18.7 Å². The summed E-state index contributed by atoms with van der Waals surface area (Å²) in [6.45, 7) is 1.21. The van der Waals surface area contributed by atoms with Crippen LogP contribution in [0.1, 0.15) is 17.7 Å². The number of aryl methyl sites for hydroxylation is 1. The Bertz CT molecular complexity index is 359. The molecule has 1 aliphatic rings. The second-order valence-electron chi connectivity index (χ2n) is 3.93. The summed E-state index contributed by atoms with van der Waals surface area (Å²) in [5.74, 6) is 0.934. The van der Waals surface area contributed by atoms with Crippen molar-refractivity contribution in [2.75, 3.05) is 25.6 Å². The summed E-state index contributed by atoms with van der Waals surface area (Å²) in [5.41, 5.74) is 2.43. The molecular formula is C11H16ClN3O. The second kappa shape index (κ2) is 5.46. The van der Waals surface area contributed by atoms with Gasteiger partial charge in [-0.1, -0.05) is 0 Å². The smallest absolute Gasteiger partial charge is 0.132 e. The summed E-state index contributed by atoms with van der Waals surface area (Å²) in [7, 11) is 1.65. The number of aromatic nitrogens is 2. The average Bonchev–Trinajstić information content (AvgIpc) is 2.75. The number of ether oxygens (including phenoxy) is 1. The van der Waals surface area contributed by atoms with Crippen LogP contribution >= 0.6 is 11.6 Å². The van der Waals surface area contributed by atoms with Gasteiger partial charge in [-0.3, -0.25) is 0 Å². The topological polar surface area (TPSA) is 47.0 Å². The maximum atomic E-state index is 6.05.